The van der Waals surface area contributed by atoms with Crippen LogP contribution in [-0.4, -0.2) is 42.4 Å². The Morgan fingerprint density at radius 3 is 2.37 bits per heavy atom. The van der Waals surface area contributed by atoms with Crippen molar-refractivity contribution in [3.05, 3.63) is 47.5 Å². The molecule has 226 valence electrons. The topological polar surface area (TPSA) is 147 Å². The van der Waals surface area contributed by atoms with Crippen molar-refractivity contribution in [1.29, 1.82) is 0 Å². The number of amides is 1. The van der Waals surface area contributed by atoms with Gasteiger partial charge in [-0.1, -0.05) is 48.1 Å². The number of nitrogens with zero attached hydrogens (tertiary/aromatic N) is 3. The summed E-state index contributed by atoms with van der Waals surface area (Å²) < 4.78 is 21.9. The molecule has 0 radical (unpaired) electrons. The van der Waals surface area contributed by atoms with Gasteiger partial charge in [-0.2, -0.15) is 4.98 Å². The van der Waals surface area contributed by atoms with Gasteiger partial charge < -0.3 is 35.1 Å². The average Bonchev–Trinajstić information content (AvgIpc) is 3.30. The van der Waals surface area contributed by atoms with Gasteiger partial charge in [0.15, 0.2) is 16.6 Å². The van der Waals surface area contributed by atoms with E-state index >= 15 is 0 Å². The van der Waals surface area contributed by atoms with Gasteiger partial charge in [0.05, 0.1) is 27.2 Å². The van der Waals surface area contributed by atoms with Crippen LogP contribution < -0.4 is 30.6 Å². The largest absolute Gasteiger partial charge is 0.493 e. The minimum absolute atomic E-state index is 0.000617. The van der Waals surface area contributed by atoms with Crippen molar-refractivity contribution in [1.82, 2.24) is 15.1 Å². The third-order valence-corrected chi connectivity index (χ3v) is 8.62. The summed E-state index contributed by atoms with van der Waals surface area (Å²) in [6.07, 6.45) is 2.18. The summed E-state index contributed by atoms with van der Waals surface area (Å²) in [6, 6.07) is 9.20. The third kappa shape index (κ3) is 5.87. The quantitative estimate of drug-likeness (QED) is 0.167. The number of carbonyl (C=O) groups is 1. The van der Waals surface area contributed by atoms with E-state index in [1.807, 2.05) is 25.1 Å². The van der Waals surface area contributed by atoms with Gasteiger partial charge in [0.2, 0.25) is 17.5 Å². The fraction of sp³-hybridized carbons (Fsp3) is 0.355. The molecule has 11 nitrogen and oxygen atoms in total. The highest BCUT2D eigenvalue weighted by Crippen LogP contribution is 2.59. The molecule has 0 aliphatic heterocycles. The summed E-state index contributed by atoms with van der Waals surface area (Å²) >= 11 is 1.26. The number of nitrogens with two attached hydrogens (primary N) is 1. The summed E-state index contributed by atoms with van der Waals surface area (Å²) in [5.74, 6) is 2.48. The van der Waals surface area contributed by atoms with Crippen molar-refractivity contribution in [2.75, 3.05) is 37.7 Å². The normalized spacial score (nSPS) is 16.7. The molecule has 5 rings (SSSR count). The van der Waals surface area contributed by atoms with Crippen LogP contribution in [0.2, 0.25) is 0 Å². The predicted molar refractivity (Wildman–Crippen MR) is 168 cm³/mol. The number of nitrogen functional groups attached to an aromatic ring is 1. The summed E-state index contributed by atoms with van der Waals surface area (Å²) in [6.45, 7) is 10.3. The van der Waals surface area contributed by atoms with Gasteiger partial charge in [0.1, 0.15) is 10.7 Å². The van der Waals surface area contributed by atoms with Crippen molar-refractivity contribution in [2.45, 2.75) is 34.6 Å². The lowest BCUT2D eigenvalue weighted by molar-refractivity contribution is -0.118. The Bertz CT molecular complexity index is 1680. The number of hydrogen-bond donors (Lipinski definition) is 3. The van der Waals surface area contributed by atoms with E-state index in [2.05, 4.69) is 59.5 Å². The number of benzene rings is 2. The van der Waals surface area contributed by atoms with Crippen LogP contribution in [0.5, 0.6) is 17.2 Å². The summed E-state index contributed by atoms with van der Waals surface area (Å²) in [5, 5.41) is 11.0. The highest BCUT2D eigenvalue weighted by atomic mass is 32.1. The Morgan fingerprint density at radius 1 is 1.05 bits per heavy atom. The number of nitrogens with one attached hydrogen (secondary N) is 2. The van der Waals surface area contributed by atoms with Crippen LogP contribution >= 0.6 is 11.3 Å². The number of allylic oxidation sites excluding steroid dienone is 2. The summed E-state index contributed by atoms with van der Waals surface area (Å²) in [4.78, 5) is 22.7. The number of hydrogen-bond acceptors (Lipinski definition) is 11. The highest BCUT2D eigenvalue weighted by Gasteiger charge is 2.60. The molecular formula is C31H36N6O5S. The Labute approximate surface area is 254 Å². The van der Waals surface area contributed by atoms with Gasteiger partial charge in [-0.05, 0) is 49.8 Å². The van der Waals surface area contributed by atoms with E-state index in [1.54, 1.807) is 33.5 Å². The Hall–Kier alpha value is -4.58. The van der Waals surface area contributed by atoms with Gasteiger partial charge in [0.25, 0.3) is 5.89 Å². The van der Waals surface area contributed by atoms with Crippen molar-refractivity contribution in [3.8, 4) is 39.4 Å². The molecule has 43 heavy (non-hydrogen) atoms. The number of aromatic nitrogens is 3. The molecular weight excluding hydrogens is 568 g/mol. The van der Waals surface area contributed by atoms with E-state index in [9.17, 15) is 4.79 Å². The zero-order valence-corrected chi connectivity index (χ0v) is 26.3. The number of aryl methyl sites for hydroxylation is 1. The third-order valence-electron chi connectivity index (χ3n) is 7.64. The standard InChI is InChI=1S/C31H36N6O5S/c1-15(2)11-20-23(31(20,4)5)28(38)33-17-10-9-16(3)19(12-17)27-36-29(42-37-27)25-26(32)35-30(43-25)34-18-13-21(39-6)24(41-8)22(14-18)40-7/h9-14,20,23H,32H2,1-8H3,(H,33,38)(H,34,35). The molecule has 0 saturated heterocycles. The molecule has 0 spiro atoms. The Kier molecular flexibility index (Phi) is 8.06. The lowest BCUT2D eigenvalue weighted by atomic mass is 10.1. The van der Waals surface area contributed by atoms with E-state index in [0.717, 1.165) is 11.1 Å². The van der Waals surface area contributed by atoms with E-state index < -0.39 is 0 Å². The molecule has 1 amide bonds. The van der Waals surface area contributed by atoms with Crippen molar-refractivity contribution >= 4 is 39.6 Å². The molecule has 2 aromatic carbocycles. The monoisotopic (exact) mass is 604 g/mol. The lowest BCUT2D eigenvalue weighted by Gasteiger charge is -2.14. The van der Waals surface area contributed by atoms with Gasteiger partial charge in [-0.3, -0.25) is 4.79 Å². The van der Waals surface area contributed by atoms with Crippen LogP contribution in [0.3, 0.4) is 0 Å². The van der Waals surface area contributed by atoms with Crippen LogP contribution in [0.1, 0.15) is 33.3 Å². The maximum atomic E-state index is 13.1. The number of rotatable bonds is 10. The minimum atomic E-state index is -0.0823. The molecule has 1 saturated carbocycles. The maximum Gasteiger partial charge on any atom is 0.272 e. The molecule has 2 atom stereocenters. The number of carbonyl (C=O) groups excluding carboxylic acids is 1. The fourth-order valence-electron chi connectivity index (χ4n) is 5.25. The lowest BCUT2D eigenvalue weighted by Crippen LogP contribution is -2.17. The molecule has 4 N–H and O–H groups in total. The Balaban J connectivity index is 1.35. The Morgan fingerprint density at radius 2 is 1.74 bits per heavy atom. The first-order valence-electron chi connectivity index (χ1n) is 13.7. The number of methoxy groups -OCH3 is 3. The first-order chi connectivity index (χ1) is 20.5. The zero-order chi connectivity index (χ0) is 31.1. The van der Waals surface area contributed by atoms with Crippen LogP contribution in [0.4, 0.5) is 22.3 Å². The predicted octanol–water partition coefficient (Wildman–Crippen LogP) is 6.70. The first-order valence-corrected chi connectivity index (χ1v) is 14.5. The van der Waals surface area contributed by atoms with Gasteiger partial charge >= 0.3 is 0 Å². The van der Waals surface area contributed by atoms with E-state index in [4.69, 9.17) is 24.5 Å². The van der Waals surface area contributed by atoms with Crippen LogP contribution in [0, 0.1) is 24.2 Å². The van der Waals surface area contributed by atoms with E-state index in [0.29, 0.717) is 44.5 Å². The molecule has 4 aromatic rings. The van der Waals surface area contributed by atoms with E-state index in [-0.39, 0.29) is 34.9 Å². The SMILES string of the molecule is COc1cc(Nc2nc(N)c(-c3nc(-c4cc(NC(=O)C5C(C=C(C)C)C5(C)C)ccc4C)no3)s2)cc(OC)c1OC. The first kappa shape index (κ1) is 29.9. The molecule has 1 aliphatic carbocycles. The second-order valence-corrected chi connectivity index (χ2v) is 12.3. The van der Waals surface area contributed by atoms with Crippen LogP contribution in [-0.2, 0) is 4.79 Å². The molecule has 0 bridgehead atoms. The molecule has 1 fully saturated rings. The summed E-state index contributed by atoms with van der Waals surface area (Å²) in [5.41, 5.74) is 10.4. The molecule has 2 heterocycles. The summed E-state index contributed by atoms with van der Waals surface area (Å²) in [7, 11) is 4.64. The van der Waals surface area contributed by atoms with E-state index in [1.165, 1.54) is 16.9 Å². The van der Waals surface area contributed by atoms with Crippen LogP contribution in [0.25, 0.3) is 22.2 Å². The van der Waals surface area contributed by atoms with Crippen LogP contribution in [0.15, 0.2) is 46.5 Å². The molecule has 12 heteroatoms. The molecule has 2 aromatic heterocycles. The van der Waals surface area contributed by atoms with Crippen molar-refractivity contribution in [2.24, 2.45) is 17.3 Å². The van der Waals surface area contributed by atoms with Gasteiger partial charge in [-0.25, -0.2) is 4.98 Å². The second-order valence-electron chi connectivity index (χ2n) is 11.3. The number of thiazole rings is 1. The smallest absolute Gasteiger partial charge is 0.272 e. The number of anilines is 4. The minimum Gasteiger partial charge on any atom is -0.493 e. The molecule has 1 aliphatic rings. The van der Waals surface area contributed by atoms with Gasteiger partial charge in [0, 0.05) is 29.1 Å². The van der Waals surface area contributed by atoms with Gasteiger partial charge in [-0.15, -0.1) is 0 Å². The van der Waals surface area contributed by atoms with Crippen molar-refractivity contribution in [3.63, 3.8) is 0 Å². The fourth-order valence-corrected chi connectivity index (χ4v) is 6.08. The highest BCUT2D eigenvalue weighted by molar-refractivity contribution is 7.19. The number of ether oxygens (including phenoxy) is 3. The average molecular weight is 605 g/mol. The maximum absolute atomic E-state index is 13.1. The molecule has 2 unspecified atom stereocenters. The zero-order valence-electron chi connectivity index (χ0n) is 25.5. The van der Waals surface area contributed by atoms with Crippen molar-refractivity contribution < 1.29 is 23.5 Å². The second kappa shape index (κ2) is 11.6.